The van der Waals surface area contributed by atoms with Crippen LogP contribution in [0.2, 0.25) is 10.0 Å². The largest absolute Gasteiger partial charge is 0.479 e. The number of ether oxygens (including phenoxy) is 1. The summed E-state index contributed by atoms with van der Waals surface area (Å²) in [6, 6.07) is 7.60. The average molecular weight is 286 g/mol. The minimum Gasteiger partial charge on any atom is -0.479 e. The minimum atomic E-state index is 0.0150. The van der Waals surface area contributed by atoms with Gasteiger partial charge < -0.3 is 10.1 Å². The Bertz CT molecular complexity index is 542. The van der Waals surface area contributed by atoms with E-state index in [1.54, 1.807) is 17.4 Å². The highest BCUT2D eigenvalue weighted by Crippen LogP contribution is 2.42. The number of rotatable bonds is 1. The first kappa shape index (κ1) is 11.2. The van der Waals surface area contributed by atoms with Crippen molar-refractivity contribution in [3.8, 4) is 5.75 Å². The Morgan fingerprint density at radius 2 is 2.24 bits per heavy atom. The van der Waals surface area contributed by atoms with Gasteiger partial charge in [-0.25, -0.2) is 0 Å². The number of hydrogen-bond acceptors (Lipinski definition) is 3. The Balaban J connectivity index is 1.95. The molecule has 1 atom stereocenters. The number of halogens is 2. The van der Waals surface area contributed by atoms with E-state index in [0.29, 0.717) is 15.8 Å². The highest BCUT2D eigenvalue weighted by atomic mass is 35.5. The molecular formula is C12H9Cl2NOS. The van der Waals surface area contributed by atoms with Crippen molar-refractivity contribution in [2.24, 2.45) is 0 Å². The molecule has 1 aromatic carbocycles. The first-order valence-corrected chi connectivity index (χ1v) is 6.80. The fraction of sp³-hybridized carbons (Fsp3) is 0.167. The van der Waals surface area contributed by atoms with Gasteiger partial charge in [0, 0.05) is 9.90 Å². The first-order valence-electron chi connectivity index (χ1n) is 5.17. The first-order chi connectivity index (χ1) is 8.24. The second-order valence-corrected chi connectivity index (χ2v) is 5.59. The van der Waals surface area contributed by atoms with Crippen LogP contribution in [-0.2, 0) is 0 Å². The zero-order chi connectivity index (χ0) is 11.8. The van der Waals surface area contributed by atoms with Gasteiger partial charge in [-0.3, -0.25) is 0 Å². The number of benzene rings is 1. The van der Waals surface area contributed by atoms with Crippen molar-refractivity contribution in [1.82, 2.24) is 0 Å². The average Bonchev–Trinajstić information content (AvgIpc) is 2.82. The molecule has 2 nitrogen and oxygen atoms in total. The van der Waals surface area contributed by atoms with Crippen molar-refractivity contribution in [1.29, 1.82) is 0 Å². The molecule has 0 spiro atoms. The molecular weight excluding hydrogens is 277 g/mol. The lowest BCUT2D eigenvalue weighted by atomic mass is 10.2. The van der Waals surface area contributed by atoms with Gasteiger partial charge in [-0.1, -0.05) is 29.3 Å². The van der Waals surface area contributed by atoms with Crippen molar-refractivity contribution < 1.29 is 4.74 Å². The van der Waals surface area contributed by atoms with Crippen LogP contribution < -0.4 is 10.1 Å². The molecule has 0 saturated heterocycles. The van der Waals surface area contributed by atoms with E-state index >= 15 is 0 Å². The second kappa shape index (κ2) is 4.41. The molecule has 1 unspecified atom stereocenters. The van der Waals surface area contributed by atoms with Gasteiger partial charge in [0.2, 0.25) is 0 Å². The summed E-state index contributed by atoms with van der Waals surface area (Å²) in [6.45, 7) is 0.726. The predicted molar refractivity (Wildman–Crippen MR) is 72.6 cm³/mol. The lowest BCUT2D eigenvalue weighted by Gasteiger charge is -2.27. The topological polar surface area (TPSA) is 21.3 Å². The van der Waals surface area contributed by atoms with E-state index < -0.39 is 0 Å². The molecule has 0 fully saturated rings. The minimum absolute atomic E-state index is 0.0150. The molecule has 88 valence electrons. The molecule has 0 radical (unpaired) electrons. The van der Waals surface area contributed by atoms with Gasteiger partial charge in [0.25, 0.3) is 0 Å². The summed E-state index contributed by atoms with van der Waals surface area (Å²) >= 11 is 13.7. The van der Waals surface area contributed by atoms with E-state index in [-0.39, 0.29) is 6.10 Å². The van der Waals surface area contributed by atoms with Crippen LogP contribution in [0, 0.1) is 0 Å². The lowest BCUT2D eigenvalue weighted by Crippen LogP contribution is -2.23. The van der Waals surface area contributed by atoms with E-state index in [9.17, 15) is 0 Å². The van der Waals surface area contributed by atoms with Crippen molar-refractivity contribution in [2.45, 2.75) is 6.10 Å². The summed E-state index contributed by atoms with van der Waals surface area (Å²) in [5.41, 5.74) is 0.857. The Kier molecular flexibility index (Phi) is 2.90. The van der Waals surface area contributed by atoms with Crippen molar-refractivity contribution in [3.63, 3.8) is 0 Å². The third-order valence-corrected chi connectivity index (χ3v) is 4.07. The SMILES string of the molecule is Clc1cc(Cl)c2c(c1)NCC(c1cccs1)O2. The maximum Gasteiger partial charge on any atom is 0.162 e. The van der Waals surface area contributed by atoms with Crippen LogP contribution in [0.3, 0.4) is 0 Å². The smallest absolute Gasteiger partial charge is 0.162 e. The standard InChI is InChI=1S/C12H9Cl2NOS/c13-7-4-8(14)12-9(5-7)15-6-10(16-12)11-2-1-3-17-11/h1-5,10,15H,6H2. The molecule has 0 aliphatic carbocycles. The Labute approximate surface area is 113 Å². The normalized spacial score (nSPS) is 18.1. The highest BCUT2D eigenvalue weighted by Gasteiger charge is 2.24. The van der Waals surface area contributed by atoms with E-state index in [1.807, 2.05) is 17.5 Å². The van der Waals surface area contributed by atoms with E-state index in [1.165, 1.54) is 4.88 Å². The van der Waals surface area contributed by atoms with Gasteiger partial charge in [0.1, 0.15) is 0 Å². The fourth-order valence-electron chi connectivity index (χ4n) is 1.83. The summed E-state index contributed by atoms with van der Waals surface area (Å²) in [5, 5.41) is 6.49. The molecule has 17 heavy (non-hydrogen) atoms. The zero-order valence-corrected chi connectivity index (χ0v) is 11.1. The highest BCUT2D eigenvalue weighted by molar-refractivity contribution is 7.10. The maximum atomic E-state index is 6.13. The van der Waals surface area contributed by atoms with Crippen LogP contribution in [0.15, 0.2) is 29.6 Å². The van der Waals surface area contributed by atoms with E-state index in [2.05, 4.69) is 11.4 Å². The van der Waals surface area contributed by atoms with Crippen molar-refractivity contribution in [2.75, 3.05) is 11.9 Å². The van der Waals surface area contributed by atoms with Gasteiger partial charge in [0.15, 0.2) is 11.9 Å². The summed E-state index contributed by atoms with van der Waals surface area (Å²) < 4.78 is 5.92. The number of thiophene rings is 1. The molecule has 0 amide bonds. The molecule has 3 rings (SSSR count). The molecule has 2 aromatic rings. The fourth-order valence-corrected chi connectivity index (χ4v) is 3.12. The van der Waals surface area contributed by atoms with Crippen LogP contribution in [0.1, 0.15) is 11.0 Å². The monoisotopic (exact) mass is 285 g/mol. The molecule has 5 heteroatoms. The van der Waals surface area contributed by atoms with Gasteiger partial charge in [0.05, 0.1) is 17.3 Å². The summed E-state index contributed by atoms with van der Waals surface area (Å²) in [5.74, 6) is 0.681. The third-order valence-electron chi connectivity index (χ3n) is 2.61. The lowest BCUT2D eigenvalue weighted by molar-refractivity contribution is 0.214. The summed E-state index contributed by atoms with van der Waals surface area (Å²) in [7, 11) is 0. The molecule has 1 aromatic heterocycles. The van der Waals surface area contributed by atoms with Crippen LogP contribution in [0.5, 0.6) is 5.75 Å². The Hall–Kier alpha value is -0.900. The predicted octanol–water partition coefficient (Wildman–Crippen LogP) is 4.60. The van der Waals surface area contributed by atoms with Crippen molar-refractivity contribution in [3.05, 3.63) is 44.6 Å². The van der Waals surface area contributed by atoms with Gasteiger partial charge in [-0.15, -0.1) is 11.3 Å². The second-order valence-electron chi connectivity index (χ2n) is 3.77. The van der Waals surface area contributed by atoms with Crippen LogP contribution in [0.25, 0.3) is 0 Å². The van der Waals surface area contributed by atoms with Crippen LogP contribution >= 0.6 is 34.5 Å². The Morgan fingerprint density at radius 1 is 1.35 bits per heavy atom. The quantitative estimate of drug-likeness (QED) is 0.827. The summed E-state index contributed by atoms with van der Waals surface area (Å²) in [6.07, 6.45) is 0.0150. The van der Waals surface area contributed by atoms with E-state index in [0.717, 1.165) is 12.2 Å². The molecule has 1 aliphatic rings. The molecule has 1 aliphatic heterocycles. The van der Waals surface area contributed by atoms with Gasteiger partial charge in [-0.2, -0.15) is 0 Å². The number of fused-ring (bicyclic) bond motifs is 1. The van der Waals surface area contributed by atoms with Crippen LogP contribution in [-0.4, -0.2) is 6.54 Å². The molecule has 2 heterocycles. The van der Waals surface area contributed by atoms with E-state index in [4.69, 9.17) is 27.9 Å². The molecule has 0 bridgehead atoms. The number of hydrogen-bond donors (Lipinski definition) is 1. The zero-order valence-electron chi connectivity index (χ0n) is 8.74. The number of nitrogens with one attached hydrogen (secondary N) is 1. The van der Waals surface area contributed by atoms with Gasteiger partial charge in [-0.05, 0) is 23.6 Å². The van der Waals surface area contributed by atoms with Gasteiger partial charge >= 0.3 is 0 Å². The molecule has 1 N–H and O–H groups in total. The molecule has 0 saturated carbocycles. The van der Waals surface area contributed by atoms with Crippen LogP contribution in [0.4, 0.5) is 5.69 Å². The third kappa shape index (κ3) is 2.10. The maximum absolute atomic E-state index is 6.13. The summed E-state index contributed by atoms with van der Waals surface area (Å²) in [4.78, 5) is 1.19. The number of anilines is 1. The Morgan fingerprint density at radius 3 is 3.00 bits per heavy atom. The van der Waals surface area contributed by atoms with Crippen molar-refractivity contribution >= 4 is 40.2 Å².